The average molecular weight is 261 g/mol. The van der Waals surface area contributed by atoms with Crippen LogP contribution in [0.5, 0.6) is 0 Å². The van der Waals surface area contributed by atoms with Gasteiger partial charge < -0.3 is 5.32 Å². The van der Waals surface area contributed by atoms with Crippen molar-refractivity contribution < 1.29 is 8.42 Å². The third kappa shape index (κ3) is 7.04. The van der Waals surface area contributed by atoms with Gasteiger partial charge in [0.15, 0.2) is 9.84 Å². The Kier molecular flexibility index (Phi) is 6.49. The summed E-state index contributed by atoms with van der Waals surface area (Å²) in [6, 6.07) is 0. The highest BCUT2D eigenvalue weighted by Crippen LogP contribution is 2.23. The lowest BCUT2D eigenvalue weighted by molar-refractivity contribution is 0.496. The Morgan fingerprint density at radius 3 is 2.41 bits per heavy atom. The lowest BCUT2D eigenvalue weighted by Gasteiger charge is -2.11. The number of rotatable bonds is 8. The van der Waals surface area contributed by atoms with Gasteiger partial charge in [-0.2, -0.15) is 0 Å². The van der Waals surface area contributed by atoms with Gasteiger partial charge >= 0.3 is 0 Å². The minimum absolute atomic E-state index is 0.298. The van der Waals surface area contributed by atoms with E-state index in [1.54, 1.807) is 0 Å². The van der Waals surface area contributed by atoms with Gasteiger partial charge in [0.05, 0.1) is 11.5 Å². The molecule has 1 aliphatic rings. The van der Waals surface area contributed by atoms with Gasteiger partial charge in [-0.25, -0.2) is 8.42 Å². The van der Waals surface area contributed by atoms with Gasteiger partial charge in [0.1, 0.15) is 0 Å². The Bertz CT molecular complexity index is 293. The molecule has 0 aromatic carbocycles. The Hall–Kier alpha value is -0.0900. The molecule has 0 heterocycles. The van der Waals surface area contributed by atoms with E-state index < -0.39 is 9.84 Å². The first kappa shape index (κ1) is 15.0. The summed E-state index contributed by atoms with van der Waals surface area (Å²) in [6.45, 7) is 5.75. The van der Waals surface area contributed by atoms with E-state index in [0.717, 1.165) is 18.9 Å². The van der Waals surface area contributed by atoms with Crippen molar-refractivity contribution in [1.29, 1.82) is 0 Å². The van der Waals surface area contributed by atoms with Crippen LogP contribution in [0.25, 0.3) is 0 Å². The van der Waals surface area contributed by atoms with Crippen LogP contribution in [-0.4, -0.2) is 33.0 Å². The normalized spacial score (nSPS) is 18.1. The fourth-order valence-corrected chi connectivity index (χ4v) is 3.76. The molecule has 0 aromatic heterocycles. The predicted octanol–water partition coefficient (Wildman–Crippen LogP) is 2.23. The van der Waals surface area contributed by atoms with E-state index >= 15 is 0 Å². The fourth-order valence-electron chi connectivity index (χ4n) is 2.27. The van der Waals surface area contributed by atoms with Crippen LogP contribution in [0, 0.1) is 11.8 Å². The second-order valence-corrected chi connectivity index (χ2v) is 7.99. The zero-order valence-electron chi connectivity index (χ0n) is 11.2. The van der Waals surface area contributed by atoms with Crippen molar-refractivity contribution in [3.8, 4) is 0 Å². The van der Waals surface area contributed by atoms with Crippen LogP contribution in [0.2, 0.25) is 0 Å². The van der Waals surface area contributed by atoms with Gasteiger partial charge in [-0.3, -0.25) is 0 Å². The molecular formula is C13H27NO2S. The Balaban J connectivity index is 2.07. The largest absolute Gasteiger partial charge is 0.315 e. The molecule has 0 aromatic rings. The number of nitrogens with one attached hydrogen (secondary N) is 1. The van der Waals surface area contributed by atoms with E-state index in [9.17, 15) is 8.42 Å². The van der Waals surface area contributed by atoms with Gasteiger partial charge in [0.25, 0.3) is 0 Å². The van der Waals surface area contributed by atoms with Crippen LogP contribution in [0.4, 0.5) is 0 Å². The van der Waals surface area contributed by atoms with Gasteiger partial charge in [-0.1, -0.05) is 26.7 Å². The van der Waals surface area contributed by atoms with Crippen LogP contribution in [0.15, 0.2) is 0 Å². The highest BCUT2D eigenvalue weighted by molar-refractivity contribution is 7.91. The minimum atomic E-state index is -2.83. The Morgan fingerprint density at radius 2 is 1.82 bits per heavy atom. The first-order chi connectivity index (χ1) is 7.99. The zero-order chi connectivity index (χ0) is 12.7. The van der Waals surface area contributed by atoms with Crippen LogP contribution in [-0.2, 0) is 9.84 Å². The van der Waals surface area contributed by atoms with Crippen molar-refractivity contribution >= 4 is 9.84 Å². The quantitative estimate of drug-likeness (QED) is 0.682. The first-order valence-corrected chi connectivity index (χ1v) is 8.73. The Labute approximate surface area is 106 Å². The molecule has 0 saturated heterocycles. The monoisotopic (exact) mass is 261 g/mol. The van der Waals surface area contributed by atoms with E-state index in [4.69, 9.17) is 0 Å². The maximum absolute atomic E-state index is 11.7. The van der Waals surface area contributed by atoms with E-state index in [-0.39, 0.29) is 0 Å². The average Bonchev–Trinajstić information content (AvgIpc) is 2.75. The number of sulfone groups is 1. The molecule has 0 bridgehead atoms. The molecular weight excluding hydrogens is 234 g/mol. The molecule has 3 nitrogen and oxygen atoms in total. The highest BCUT2D eigenvalue weighted by Gasteiger charge is 2.15. The molecule has 0 radical (unpaired) electrons. The van der Waals surface area contributed by atoms with Crippen LogP contribution >= 0.6 is 0 Å². The maximum atomic E-state index is 11.7. The molecule has 17 heavy (non-hydrogen) atoms. The van der Waals surface area contributed by atoms with Crippen molar-refractivity contribution in [2.75, 3.05) is 24.6 Å². The standard InChI is InChI=1S/C13H27NO2S/c1-12(2)7-9-17(15,16)10-8-14-11-13-5-3-4-6-13/h12-14H,3-11H2,1-2H3. The lowest BCUT2D eigenvalue weighted by atomic mass is 10.1. The fraction of sp³-hybridized carbons (Fsp3) is 1.00. The summed E-state index contributed by atoms with van der Waals surface area (Å²) in [6.07, 6.45) is 6.10. The molecule has 1 fully saturated rings. The first-order valence-electron chi connectivity index (χ1n) is 6.91. The molecule has 4 heteroatoms. The number of hydrogen-bond donors (Lipinski definition) is 1. The molecule has 1 saturated carbocycles. The minimum Gasteiger partial charge on any atom is -0.315 e. The van der Waals surface area contributed by atoms with Crippen LogP contribution < -0.4 is 5.32 Å². The van der Waals surface area contributed by atoms with E-state index in [0.29, 0.717) is 24.0 Å². The summed E-state index contributed by atoms with van der Waals surface area (Å²) >= 11 is 0. The third-order valence-electron chi connectivity index (χ3n) is 3.50. The predicted molar refractivity (Wildman–Crippen MR) is 72.9 cm³/mol. The molecule has 0 atom stereocenters. The molecule has 0 unspecified atom stereocenters. The molecule has 1 aliphatic carbocycles. The summed E-state index contributed by atoms with van der Waals surface area (Å²) in [5.41, 5.74) is 0. The summed E-state index contributed by atoms with van der Waals surface area (Å²) < 4.78 is 23.4. The molecule has 0 amide bonds. The number of hydrogen-bond acceptors (Lipinski definition) is 3. The van der Waals surface area contributed by atoms with Crippen molar-refractivity contribution in [3.63, 3.8) is 0 Å². The molecule has 0 aliphatic heterocycles. The van der Waals surface area contributed by atoms with Gasteiger partial charge in [0.2, 0.25) is 0 Å². The second-order valence-electron chi connectivity index (χ2n) is 5.69. The van der Waals surface area contributed by atoms with Crippen molar-refractivity contribution in [2.45, 2.75) is 46.0 Å². The topological polar surface area (TPSA) is 46.2 Å². The van der Waals surface area contributed by atoms with Gasteiger partial charge in [-0.15, -0.1) is 0 Å². The molecule has 0 spiro atoms. The summed E-state index contributed by atoms with van der Waals surface area (Å²) in [5, 5.41) is 3.29. The van der Waals surface area contributed by atoms with Gasteiger partial charge in [0, 0.05) is 6.54 Å². The third-order valence-corrected chi connectivity index (χ3v) is 5.19. The Morgan fingerprint density at radius 1 is 1.18 bits per heavy atom. The van der Waals surface area contributed by atoms with E-state index in [1.807, 2.05) is 0 Å². The molecule has 102 valence electrons. The highest BCUT2D eigenvalue weighted by atomic mass is 32.2. The second kappa shape index (κ2) is 7.37. The lowest BCUT2D eigenvalue weighted by Crippen LogP contribution is -2.28. The van der Waals surface area contributed by atoms with Crippen LogP contribution in [0.3, 0.4) is 0 Å². The maximum Gasteiger partial charge on any atom is 0.151 e. The van der Waals surface area contributed by atoms with Crippen molar-refractivity contribution in [2.24, 2.45) is 11.8 Å². The zero-order valence-corrected chi connectivity index (χ0v) is 12.1. The van der Waals surface area contributed by atoms with Crippen molar-refractivity contribution in [3.05, 3.63) is 0 Å². The van der Waals surface area contributed by atoms with E-state index in [1.165, 1.54) is 25.7 Å². The summed E-state index contributed by atoms with van der Waals surface area (Å²) in [5.74, 6) is 1.90. The smallest absolute Gasteiger partial charge is 0.151 e. The van der Waals surface area contributed by atoms with Gasteiger partial charge in [-0.05, 0) is 37.6 Å². The van der Waals surface area contributed by atoms with Crippen LogP contribution in [0.1, 0.15) is 46.0 Å². The molecule has 1 N–H and O–H groups in total. The SMILES string of the molecule is CC(C)CCS(=O)(=O)CCNCC1CCCC1. The summed E-state index contributed by atoms with van der Waals surface area (Å²) in [7, 11) is -2.83. The molecule has 1 rings (SSSR count). The van der Waals surface area contributed by atoms with Crippen molar-refractivity contribution in [1.82, 2.24) is 5.32 Å². The van der Waals surface area contributed by atoms with E-state index in [2.05, 4.69) is 19.2 Å². The summed E-state index contributed by atoms with van der Waals surface area (Å²) in [4.78, 5) is 0.